The molecule has 0 aliphatic rings. The Kier molecular flexibility index (Phi) is 5.93. The average Bonchev–Trinajstić information content (AvgIpc) is 2.45. The van der Waals surface area contributed by atoms with Crippen molar-refractivity contribution in [3.8, 4) is 11.5 Å². The molecule has 1 amide bonds. The third-order valence-corrected chi connectivity index (χ3v) is 2.83. The van der Waals surface area contributed by atoms with E-state index < -0.39 is 0 Å². The highest BCUT2D eigenvalue weighted by molar-refractivity contribution is 5.97. The number of hydrogen-bond acceptors (Lipinski definition) is 3. The Morgan fingerprint density at radius 3 is 2.58 bits per heavy atom. The highest BCUT2D eigenvalue weighted by Crippen LogP contribution is 2.26. The minimum atomic E-state index is -0.0354. The first-order valence-corrected chi connectivity index (χ1v) is 6.38. The molecule has 104 valence electrons. The van der Waals surface area contributed by atoms with Gasteiger partial charge in [-0.15, -0.1) is 0 Å². The van der Waals surface area contributed by atoms with Crippen molar-refractivity contribution in [2.24, 2.45) is 0 Å². The summed E-state index contributed by atoms with van der Waals surface area (Å²) in [5.41, 5.74) is 0.548. The van der Waals surface area contributed by atoms with Gasteiger partial charge in [-0.2, -0.15) is 0 Å². The Bertz CT molecular complexity index is 439. The average molecular weight is 263 g/mol. The molecule has 19 heavy (non-hydrogen) atoms. The van der Waals surface area contributed by atoms with E-state index in [1.807, 2.05) is 13.8 Å². The number of methoxy groups -OCH3 is 1. The summed E-state index contributed by atoms with van der Waals surface area (Å²) >= 11 is 0. The fraction of sp³-hybridized carbons (Fsp3) is 0.400. The number of hydrogen-bond donors (Lipinski definition) is 0. The molecule has 4 heteroatoms. The van der Waals surface area contributed by atoms with Gasteiger partial charge >= 0.3 is 0 Å². The van der Waals surface area contributed by atoms with Crippen LogP contribution in [0.15, 0.2) is 30.9 Å². The summed E-state index contributed by atoms with van der Waals surface area (Å²) in [6.45, 7) is 9.21. The smallest absolute Gasteiger partial charge is 0.257 e. The van der Waals surface area contributed by atoms with Crippen molar-refractivity contribution >= 4 is 5.91 Å². The zero-order valence-electron chi connectivity index (χ0n) is 11.8. The maximum atomic E-state index is 12.4. The number of amides is 1. The highest BCUT2D eigenvalue weighted by Gasteiger charge is 2.18. The fourth-order valence-electron chi connectivity index (χ4n) is 1.76. The highest BCUT2D eigenvalue weighted by atomic mass is 16.5. The molecule has 0 unspecified atom stereocenters. The van der Waals surface area contributed by atoms with Crippen LogP contribution in [0.4, 0.5) is 0 Å². The van der Waals surface area contributed by atoms with Crippen LogP contribution in [0.3, 0.4) is 0 Å². The first-order chi connectivity index (χ1) is 9.17. The van der Waals surface area contributed by atoms with Crippen molar-refractivity contribution in [1.82, 2.24) is 4.90 Å². The first-order valence-electron chi connectivity index (χ1n) is 6.38. The molecule has 0 spiro atoms. The van der Waals surface area contributed by atoms with Gasteiger partial charge in [0.15, 0.2) is 0 Å². The summed E-state index contributed by atoms with van der Waals surface area (Å²) < 4.78 is 10.7. The van der Waals surface area contributed by atoms with E-state index in [9.17, 15) is 4.79 Å². The number of ether oxygens (including phenoxy) is 2. The molecule has 0 N–H and O–H groups in total. The molecule has 0 aliphatic carbocycles. The summed E-state index contributed by atoms with van der Waals surface area (Å²) in [4.78, 5) is 14.1. The van der Waals surface area contributed by atoms with Crippen molar-refractivity contribution < 1.29 is 14.3 Å². The van der Waals surface area contributed by atoms with Gasteiger partial charge in [-0.3, -0.25) is 4.79 Å². The van der Waals surface area contributed by atoms with E-state index in [2.05, 4.69) is 6.58 Å². The Balaban J connectivity index is 3.09. The van der Waals surface area contributed by atoms with E-state index in [1.165, 1.54) is 0 Å². The molecule has 0 aliphatic heterocycles. The van der Waals surface area contributed by atoms with E-state index >= 15 is 0 Å². The lowest BCUT2D eigenvalue weighted by atomic mass is 10.1. The predicted molar refractivity (Wildman–Crippen MR) is 75.9 cm³/mol. The van der Waals surface area contributed by atoms with E-state index in [0.29, 0.717) is 36.8 Å². The summed E-state index contributed by atoms with van der Waals surface area (Å²) in [5, 5.41) is 0. The number of rotatable bonds is 7. The second-order valence-electron chi connectivity index (χ2n) is 3.94. The molecule has 0 bridgehead atoms. The molecule has 1 rings (SSSR count). The lowest BCUT2D eigenvalue weighted by molar-refractivity contribution is 0.0769. The van der Waals surface area contributed by atoms with Gasteiger partial charge in [0.2, 0.25) is 0 Å². The summed E-state index contributed by atoms with van der Waals surface area (Å²) in [6.07, 6.45) is 1.64. The van der Waals surface area contributed by atoms with Gasteiger partial charge in [-0.1, -0.05) is 12.7 Å². The van der Waals surface area contributed by atoms with Crippen molar-refractivity contribution in [3.05, 3.63) is 36.4 Å². The molecule has 1 aromatic rings. The molecule has 0 saturated heterocycles. The Labute approximate surface area is 114 Å². The van der Waals surface area contributed by atoms with Gasteiger partial charge in [0, 0.05) is 19.2 Å². The van der Waals surface area contributed by atoms with Crippen LogP contribution in [0.1, 0.15) is 24.2 Å². The molecule has 0 saturated carbocycles. The van der Waals surface area contributed by atoms with Crippen LogP contribution in [-0.4, -0.2) is 37.6 Å². The normalized spacial score (nSPS) is 9.84. The number of nitrogens with zero attached hydrogens (tertiary/aromatic N) is 1. The van der Waals surface area contributed by atoms with Gasteiger partial charge in [0.05, 0.1) is 12.7 Å². The van der Waals surface area contributed by atoms with Gasteiger partial charge in [0.1, 0.15) is 18.1 Å². The molecule has 1 aromatic carbocycles. The Morgan fingerprint density at radius 1 is 1.37 bits per heavy atom. The minimum Gasteiger partial charge on any atom is -0.497 e. The van der Waals surface area contributed by atoms with Crippen LogP contribution in [0.2, 0.25) is 0 Å². The number of benzene rings is 1. The quantitative estimate of drug-likeness (QED) is 0.710. The Hall–Kier alpha value is -1.97. The second kappa shape index (κ2) is 7.46. The maximum Gasteiger partial charge on any atom is 0.257 e. The zero-order valence-corrected chi connectivity index (χ0v) is 11.8. The molecule has 0 radical (unpaired) electrons. The lowest BCUT2D eigenvalue weighted by Crippen LogP contribution is -2.30. The van der Waals surface area contributed by atoms with Gasteiger partial charge < -0.3 is 14.4 Å². The van der Waals surface area contributed by atoms with Gasteiger partial charge in [0.25, 0.3) is 5.91 Å². The standard InChI is InChI=1S/C15H21NO3/c1-5-10-19-14-11-12(18-4)8-9-13(14)15(17)16(6-2)7-3/h5,8-9,11H,1,6-7,10H2,2-4H3. The van der Waals surface area contributed by atoms with Gasteiger partial charge in [-0.25, -0.2) is 0 Å². The fourth-order valence-corrected chi connectivity index (χ4v) is 1.76. The molecule has 0 aromatic heterocycles. The third kappa shape index (κ3) is 3.74. The molecule has 0 fully saturated rings. The number of carbonyl (C=O) groups excluding carboxylic acids is 1. The largest absolute Gasteiger partial charge is 0.497 e. The van der Waals surface area contributed by atoms with E-state index in [0.717, 1.165) is 0 Å². The third-order valence-electron chi connectivity index (χ3n) is 2.83. The minimum absolute atomic E-state index is 0.0354. The second-order valence-corrected chi connectivity index (χ2v) is 3.94. The Morgan fingerprint density at radius 2 is 2.05 bits per heavy atom. The lowest BCUT2D eigenvalue weighted by Gasteiger charge is -2.20. The van der Waals surface area contributed by atoms with Crippen molar-refractivity contribution in [2.45, 2.75) is 13.8 Å². The van der Waals surface area contributed by atoms with Crippen LogP contribution < -0.4 is 9.47 Å². The van der Waals surface area contributed by atoms with Crippen LogP contribution in [0.5, 0.6) is 11.5 Å². The van der Waals surface area contributed by atoms with Crippen LogP contribution in [-0.2, 0) is 0 Å². The molecule has 0 atom stereocenters. The molecular weight excluding hydrogens is 242 g/mol. The first kappa shape index (κ1) is 15.1. The zero-order chi connectivity index (χ0) is 14.3. The van der Waals surface area contributed by atoms with Crippen LogP contribution >= 0.6 is 0 Å². The van der Waals surface area contributed by atoms with Crippen molar-refractivity contribution in [1.29, 1.82) is 0 Å². The van der Waals surface area contributed by atoms with Crippen molar-refractivity contribution in [2.75, 3.05) is 26.8 Å². The summed E-state index contributed by atoms with van der Waals surface area (Å²) in [5.74, 6) is 1.15. The monoisotopic (exact) mass is 263 g/mol. The molecular formula is C15H21NO3. The van der Waals surface area contributed by atoms with Crippen LogP contribution in [0, 0.1) is 0 Å². The van der Waals surface area contributed by atoms with Crippen molar-refractivity contribution in [3.63, 3.8) is 0 Å². The topological polar surface area (TPSA) is 38.8 Å². The van der Waals surface area contributed by atoms with Gasteiger partial charge in [-0.05, 0) is 26.0 Å². The predicted octanol–water partition coefficient (Wildman–Crippen LogP) is 2.74. The van der Waals surface area contributed by atoms with E-state index in [1.54, 1.807) is 36.3 Å². The summed E-state index contributed by atoms with van der Waals surface area (Å²) in [7, 11) is 1.58. The van der Waals surface area contributed by atoms with E-state index in [-0.39, 0.29) is 5.91 Å². The maximum absolute atomic E-state index is 12.4. The number of carbonyl (C=O) groups is 1. The molecule has 4 nitrogen and oxygen atoms in total. The SMILES string of the molecule is C=CCOc1cc(OC)ccc1C(=O)N(CC)CC. The summed E-state index contributed by atoms with van der Waals surface area (Å²) in [6, 6.07) is 5.22. The molecule has 0 heterocycles. The van der Waals surface area contributed by atoms with Crippen LogP contribution in [0.25, 0.3) is 0 Å². The van der Waals surface area contributed by atoms with E-state index in [4.69, 9.17) is 9.47 Å².